The first-order chi connectivity index (χ1) is 14.2. The van der Waals surface area contributed by atoms with E-state index in [4.69, 9.17) is 9.47 Å². The highest BCUT2D eigenvalue weighted by Crippen LogP contribution is 2.27. The Hall–Kier alpha value is -3.02. The molecule has 29 heavy (non-hydrogen) atoms. The lowest BCUT2D eigenvalue weighted by atomic mass is 9.97. The maximum atomic E-state index is 12.4. The molecule has 6 nitrogen and oxygen atoms in total. The van der Waals surface area contributed by atoms with Crippen LogP contribution >= 0.6 is 0 Å². The smallest absolute Gasteiger partial charge is 0.270 e. The molecule has 1 aromatic heterocycles. The monoisotopic (exact) mass is 395 g/mol. The third kappa shape index (κ3) is 5.98. The fourth-order valence-electron chi connectivity index (χ4n) is 3.40. The van der Waals surface area contributed by atoms with E-state index in [1.165, 1.54) is 25.7 Å². The number of rotatable bonds is 9. The van der Waals surface area contributed by atoms with Crippen LogP contribution in [0.15, 0.2) is 48.2 Å². The minimum Gasteiger partial charge on any atom is -0.493 e. The molecule has 1 aliphatic carbocycles. The zero-order valence-electron chi connectivity index (χ0n) is 17.2. The summed E-state index contributed by atoms with van der Waals surface area (Å²) in [5, 5.41) is 6.26. The molecule has 1 heterocycles. The van der Waals surface area contributed by atoms with Crippen LogP contribution in [0.1, 0.15) is 48.2 Å². The van der Waals surface area contributed by atoms with Gasteiger partial charge >= 0.3 is 0 Å². The van der Waals surface area contributed by atoms with Crippen LogP contribution in [0.5, 0.6) is 11.5 Å². The topological polar surface area (TPSA) is 72.5 Å². The van der Waals surface area contributed by atoms with Crippen molar-refractivity contribution in [2.75, 3.05) is 26.1 Å². The van der Waals surface area contributed by atoms with E-state index in [1.54, 1.807) is 32.1 Å². The van der Waals surface area contributed by atoms with Crippen LogP contribution in [-0.4, -0.2) is 31.7 Å². The SMILES string of the molecule is COc1ccc(CNC(=O)c2ccc(NCCC3=CCCCC3)cn2)cc1OC. The van der Waals surface area contributed by atoms with Crippen LogP contribution in [-0.2, 0) is 6.54 Å². The van der Waals surface area contributed by atoms with Gasteiger partial charge in [-0.05, 0) is 61.9 Å². The highest BCUT2D eigenvalue weighted by molar-refractivity contribution is 5.92. The normalized spacial score (nSPS) is 13.4. The second kappa shape index (κ2) is 10.5. The third-order valence-corrected chi connectivity index (χ3v) is 5.06. The van der Waals surface area contributed by atoms with Crippen molar-refractivity contribution >= 4 is 11.6 Å². The number of amides is 1. The molecule has 1 aliphatic rings. The number of allylic oxidation sites excluding steroid dienone is 1. The van der Waals surface area contributed by atoms with Gasteiger partial charge in [0.15, 0.2) is 11.5 Å². The van der Waals surface area contributed by atoms with Gasteiger partial charge < -0.3 is 20.1 Å². The summed E-state index contributed by atoms with van der Waals surface area (Å²) >= 11 is 0. The molecule has 1 amide bonds. The number of nitrogens with zero attached hydrogens (tertiary/aromatic N) is 1. The predicted molar refractivity (Wildman–Crippen MR) is 115 cm³/mol. The molecule has 0 saturated heterocycles. The Bertz CT molecular complexity index is 847. The Balaban J connectivity index is 1.48. The second-order valence-corrected chi connectivity index (χ2v) is 7.09. The number of pyridine rings is 1. The van der Waals surface area contributed by atoms with Crippen LogP contribution in [0.4, 0.5) is 5.69 Å². The standard InChI is InChI=1S/C23H29N3O3/c1-28-21-11-8-18(14-22(21)29-2)15-26-23(27)20-10-9-19(16-25-20)24-13-12-17-6-4-3-5-7-17/h6,8-11,14,16,24H,3-5,7,12-13,15H2,1-2H3,(H,26,27). The molecule has 6 heteroatoms. The van der Waals surface area contributed by atoms with E-state index in [0.717, 1.165) is 24.2 Å². The Morgan fingerprint density at radius 1 is 1.10 bits per heavy atom. The van der Waals surface area contributed by atoms with Gasteiger partial charge in [-0.1, -0.05) is 17.7 Å². The minimum absolute atomic E-state index is 0.210. The lowest BCUT2D eigenvalue weighted by Crippen LogP contribution is -2.23. The van der Waals surface area contributed by atoms with Crippen molar-refractivity contribution in [2.45, 2.75) is 38.6 Å². The van der Waals surface area contributed by atoms with Gasteiger partial charge in [0.25, 0.3) is 5.91 Å². The molecule has 154 valence electrons. The number of ether oxygens (including phenoxy) is 2. The van der Waals surface area contributed by atoms with Crippen molar-refractivity contribution in [2.24, 2.45) is 0 Å². The summed E-state index contributed by atoms with van der Waals surface area (Å²) in [5.74, 6) is 1.09. The number of carbonyl (C=O) groups excluding carboxylic acids is 1. The summed E-state index contributed by atoms with van der Waals surface area (Å²) in [4.78, 5) is 16.7. The van der Waals surface area contributed by atoms with E-state index in [9.17, 15) is 4.79 Å². The summed E-state index contributed by atoms with van der Waals surface area (Å²) in [5.41, 5.74) is 3.79. The fourth-order valence-corrected chi connectivity index (χ4v) is 3.40. The Morgan fingerprint density at radius 2 is 1.97 bits per heavy atom. The summed E-state index contributed by atoms with van der Waals surface area (Å²) < 4.78 is 10.5. The summed E-state index contributed by atoms with van der Waals surface area (Å²) in [6.45, 7) is 1.27. The molecule has 0 radical (unpaired) electrons. The zero-order valence-corrected chi connectivity index (χ0v) is 17.2. The van der Waals surface area contributed by atoms with Crippen molar-refractivity contribution in [1.82, 2.24) is 10.3 Å². The largest absolute Gasteiger partial charge is 0.493 e. The number of hydrogen-bond acceptors (Lipinski definition) is 5. The van der Waals surface area contributed by atoms with Crippen molar-refractivity contribution in [3.05, 3.63) is 59.4 Å². The van der Waals surface area contributed by atoms with Gasteiger partial charge in [0, 0.05) is 13.1 Å². The number of methoxy groups -OCH3 is 2. The van der Waals surface area contributed by atoms with Gasteiger partial charge in [0.2, 0.25) is 0 Å². The van der Waals surface area contributed by atoms with Gasteiger partial charge in [0.1, 0.15) is 5.69 Å². The average molecular weight is 396 g/mol. The van der Waals surface area contributed by atoms with Crippen molar-refractivity contribution in [3.8, 4) is 11.5 Å². The van der Waals surface area contributed by atoms with E-state index in [2.05, 4.69) is 21.7 Å². The molecule has 0 aliphatic heterocycles. The number of carbonyl (C=O) groups is 1. The quantitative estimate of drug-likeness (QED) is 0.618. The first-order valence-corrected chi connectivity index (χ1v) is 10.1. The Kier molecular flexibility index (Phi) is 7.50. The Morgan fingerprint density at radius 3 is 2.66 bits per heavy atom. The first kappa shape index (κ1) is 20.7. The Labute approximate surface area is 172 Å². The van der Waals surface area contributed by atoms with Gasteiger partial charge in [-0.2, -0.15) is 0 Å². The van der Waals surface area contributed by atoms with Crippen LogP contribution in [0.3, 0.4) is 0 Å². The molecule has 1 aromatic carbocycles. The highest BCUT2D eigenvalue weighted by atomic mass is 16.5. The molecule has 2 aromatic rings. The number of aromatic nitrogens is 1. The molecule has 3 rings (SSSR count). The zero-order chi connectivity index (χ0) is 20.5. The van der Waals surface area contributed by atoms with Gasteiger partial charge in [-0.3, -0.25) is 4.79 Å². The maximum Gasteiger partial charge on any atom is 0.270 e. The lowest BCUT2D eigenvalue weighted by Gasteiger charge is -2.13. The molecule has 0 fully saturated rings. The van der Waals surface area contributed by atoms with Crippen LogP contribution in [0.25, 0.3) is 0 Å². The van der Waals surface area contributed by atoms with E-state index in [1.807, 2.05) is 24.3 Å². The molecular weight excluding hydrogens is 366 g/mol. The van der Waals surface area contributed by atoms with E-state index in [-0.39, 0.29) is 5.91 Å². The van der Waals surface area contributed by atoms with Crippen molar-refractivity contribution < 1.29 is 14.3 Å². The molecule has 0 bridgehead atoms. The van der Waals surface area contributed by atoms with E-state index >= 15 is 0 Å². The number of anilines is 1. The van der Waals surface area contributed by atoms with Gasteiger partial charge in [-0.15, -0.1) is 0 Å². The second-order valence-electron chi connectivity index (χ2n) is 7.09. The van der Waals surface area contributed by atoms with E-state index in [0.29, 0.717) is 23.7 Å². The maximum absolute atomic E-state index is 12.4. The minimum atomic E-state index is -0.210. The summed E-state index contributed by atoms with van der Waals surface area (Å²) in [6, 6.07) is 9.20. The van der Waals surface area contributed by atoms with Gasteiger partial charge in [-0.25, -0.2) is 4.98 Å². The fraction of sp³-hybridized carbons (Fsp3) is 0.391. The first-order valence-electron chi connectivity index (χ1n) is 10.1. The number of benzene rings is 1. The summed E-state index contributed by atoms with van der Waals surface area (Å²) in [7, 11) is 3.18. The predicted octanol–water partition coefficient (Wildman–Crippen LogP) is 4.33. The molecule has 0 saturated carbocycles. The highest BCUT2D eigenvalue weighted by Gasteiger charge is 2.09. The molecule has 2 N–H and O–H groups in total. The molecule has 0 spiro atoms. The number of hydrogen-bond donors (Lipinski definition) is 2. The number of nitrogens with one attached hydrogen (secondary N) is 2. The lowest BCUT2D eigenvalue weighted by molar-refractivity contribution is 0.0946. The summed E-state index contributed by atoms with van der Waals surface area (Å²) in [6.07, 6.45) is 10.2. The van der Waals surface area contributed by atoms with E-state index < -0.39 is 0 Å². The molecular formula is C23H29N3O3. The van der Waals surface area contributed by atoms with Crippen LogP contribution in [0.2, 0.25) is 0 Å². The molecule has 0 atom stereocenters. The molecule has 0 unspecified atom stereocenters. The van der Waals surface area contributed by atoms with Crippen LogP contribution < -0.4 is 20.1 Å². The van der Waals surface area contributed by atoms with Crippen LogP contribution in [0, 0.1) is 0 Å². The van der Waals surface area contributed by atoms with Gasteiger partial charge in [0.05, 0.1) is 26.1 Å². The van der Waals surface area contributed by atoms with Crippen molar-refractivity contribution in [3.63, 3.8) is 0 Å². The average Bonchev–Trinajstić information content (AvgIpc) is 2.78. The third-order valence-electron chi connectivity index (χ3n) is 5.06. The van der Waals surface area contributed by atoms with Crippen molar-refractivity contribution in [1.29, 1.82) is 0 Å².